The van der Waals surface area contributed by atoms with Gasteiger partial charge in [0.15, 0.2) is 4.80 Å². The molecular formula is C24H21N3O3S. The number of aryl methyl sites for hydroxylation is 1. The number of hydrogen-bond acceptors (Lipinski definition) is 5. The number of para-hydroxylation sites is 1. The van der Waals surface area contributed by atoms with E-state index in [0.717, 1.165) is 21.7 Å². The number of benzene rings is 3. The summed E-state index contributed by atoms with van der Waals surface area (Å²) in [4.78, 5) is 16.0. The molecule has 156 valence electrons. The molecule has 0 saturated heterocycles. The van der Waals surface area contributed by atoms with E-state index < -0.39 is 11.0 Å². The lowest BCUT2D eigenvalue weighted by molar-refractivity contribution is -0.384. The van der Waals surface area contributed by atoms with Crippen molar-refractivity contribution in [3.8, 4) is 11.3 Å². The van der Waals surface area contributed by atoms with Crippen molar-refractivity contribution in [2.24, 2.45) is 4.99 Å². The molecule has 0 unspecified atom stereocenters. The second-order valence-corrected chi connectivity index (χ2v) is 8.03. The molecule has 0 spiro atoms. The maximum atomic E-state index is 10.9. The molecule has 1 atom stereocenters. The summed E-state index contributed by atoms with van der Waals surface area (Å²) in [5.41, 5.74) is 4.61. The fraction of sp³-hybridized carbons (Fsp3) is 0.125. The number of aromatic nitrogens is 1. The summed E-state index contributed by atoms with van der Waals surface area (Å²) in [7, 11) is 0. The fourth-order valence-electron chi connectivity index (χ4n) is 3.26. The van der Waals surface area contributed by atoms with Crippen LogP contribution in [0.4, 0.5) is 11.4 Å². The third kappa shape index (κ3) is 4.79. The van der Waals surface area contributed by atoms with Gasteiger partial charge in [0.05, 0.1) is 29.0 Å². The lowest BCUT2D eigenvalue weighted by Gasteiger charge is -2.15. The molecule has 0 aliphatic rings. The van der Waals surface area contributed by atoms with Crippen molar-refractivity contribution in [3.63, 3.8) is 0 Å². The standard InChI is InChI=1S/C24H21N3O3S/c1-17-7-9-18(10-8-17)22-16-31-24(25-20-5-3-2-4-6-20)26(22)15-23(28)19-11-13-21(14-12-19)27(29)30/h2-14,16,23,28H,15H2,1H3/t23-/m1/s1. The first-order valence-electron chi connectivity index (χ1n) is 9.79. The monoisotopic (exact) mass is 431 g/mol. The first-order chi connectivity index (χ1) is 15.0. The first kappa shape index (κ1) is 20.7. The summed E-state index contributed by atoms with van der Waals surface area (Å²) < 4.78 is 1.99. The molecule has 0 aliphatic heterocycles. The highest BCUT2D eigenvalue weighted by Gasteiger charge is 2.15. The van der Waals surface area contributed by atoms with E-state index in [2.05, 4.69) is 24.3 Å². The minimum absolute atomic E-state index is 0.000697. The summed E-state index contributed by atoms with van der Waals surface area (Å²) in [5, 5.41) is 23.8. The van der Waals surface area contributed by atoms with Gasteiger partial charge in [-0.2, -0.15) is 0 Å². The van der Waals surface area contributed by atoms with Crippen molar-refractivity contribution in [2.75, 3.05) is 0 Å². The molecule has 0 radical (unpaired) electrons. The zero-order chi connectivity index (χ0) is 21.8. The Kier molecular flexibility index (Phi) is 6.06. The Morgan fingerprint density at radius 2 is 1.71 bits per heavy atom. The molecule has 4 rings (SSSR count). The highest BCUT2D eigenvalue weighted by molar-refractivity contribution is 7.07. The van der Waals surface area contributed by atoms with Crippen LogP contribution < -0.4 is 4.80 Å². The molecule has 3 aromatic carbocycles. The van der Waals surface area contributed by atoms with Crippen LogP contribution in [0.25, 0.3) is 11.3 Å². The van der Waals surface area contributed by atoms with Gasteiger partial charge in [0.1, 0.15) is 0 Å². The van der Waals surface area contributed by atoms with Crippen molar-refractivity contribution in [2.45, 2.75) is 19.6 Å². The first-order valence-corrected chi connectivity index (χ1v) is 10.7. The molecule has 1 N–H and O–H groups in total. The zero-order valence-corrected chi connectivity index (χ0v) is 17.7. The van der Waals surface area contributed by atoms with Gasteiger partial charge in [0, 0.05) is 17.5 Å². The quantitative estimate of drug-likeness (QED) is 0.328. The molecule has 7 heteroatoms. The molecular weight excluding hydrogens is 410 g/mol. The number of nitrogens with zero attached hydrogens (tertiary/aromatic N) is 3. The predicted molar refractivity (Wildman–Crippen MR) is 122 cm³/mol. The van der Waals surface area contributed by atoms with Crippen molar-refractivity contribution >= 4 is 22.7 Å². The van der Waals surface area contributed by atoms with Crippen LogP contribution >= 0.6 is 11.3 Å². The van der Waals surface area contributed by atoms with Gasteiger partial charge in [-0.05, 0) is 42.3 Å². The van der Waals surface area contributed by atoms with Crippen molar-refractivity contribution in [3.05, 3.63) is 110 Å². The van der Waals surface area contributed by atoms with Crippen LogP contribution in [0.3, 0.4) is 0 Å². The Bertz CT molecular complexity index is 1240. The Labute approximate surface area is 183 Å². The van der Waals surface area contributed by atoms with Gasteiger partial charge >= 0.3 is 0 Å². The van der Waals surface area contributed by atoms with E-state index in [-0.39, 0.29) is 12.2 Å². The lowest BCUT2D eigenvalue weighted by Crippen LogP contribution is -2.20. The van der Waals surface area contributed by atoms with Crippen LogP contribution in [-0.2, 0) is 6.54 Å². The van der Waals surface area contributed by atoms with Crippen molar-refractivity contribution in [1.29, 1.82) is 0 Å². The minimum Gasteiger partial charge on any atom is -0.387 e. The van der Waals surface area contributed by atoms with Crippen LogP contribution in [0.15, 0.2) is 89.2 Å². The Balaban J connectivity index is 1.74. The van der Waals surface area contributed by atoms with E-state index in [1.54, 1.807) is 12.1 Å². The average molecular weight is 432 g/mol. The summed E-state index contributed by atoms with van der Waals surface area (Å²) in [6, 6.07) is 23.9. The fourth-order valence-corrected chi connectivity index (χ4v) is 4.20. The molecule has 1 heterocycles. The summed E-state index contributed by atoms with van der Waals surface area (Å²) in [6.07, 6.45) is -0.839. The maximum absolute atomic E-state index is 10.9. The van der Waals surface area contributed by atoms with Crippen molar-refractivity contribution in [1.82, 2.24) is 4.57 Å². The molecule has 0 aliphatic carbocycles. The van der Waals surface area contributed by atoms with Gasteiger partial charge < -0.3 is 9.67 Å². The molecule has 0 bridgehead atoms. The van der Waals surface area contributed by atoms with Crippen LogP contribution in [0.2, 0.25) is 0 Å². The SMILES string of the molecule is Cc1ccc(-c2csc(=Nc3ccccc3)n2C[C@@H](O)c2ccc([N+](=O)[O-])cc2)cc1. The summed E-state index contributed by atoms with van der Waals surface area (Å²) in [5.74, 6) is 0. The van der Waals surface area contributed by atoms with Gasteiger partial charge in [-0.1, -0.05) is 48.0 Å². The number of nitro groups is 1. The molecule has 4 aromatic rings. The van der Waals surface area contributed by atoms with Gasteiger partial charge in [0.2, 0.25) is 0 Å². The lowest BCUT2D eigenvalue weighted by atomic mass is 10.1. The second kappa shape index (κ2) is 9.07. The van der Waals surface area contributed by atoms with Crippen molar-refractivity contribution < 1.29 is 10.0 Å². The van der Waals surface area contributed by atoms with E-state index in [9.17, 15) is 15.2 Å². The highest BCUT2D eigenvalue weighted by Crippen LogP contribution is 2.25. The number of thiazole rings is 1. The van der Waals surface area contributed by atoms with E-state index in [4.69, 9.17) is 4.99 Å². The van der Waals surface area contributed by atoms with E-state index in [0.29, 0.717) is 5.56 Å². The van der Waals surface area contributed by atoms with Crippen LogP contribution in [0, 0.1) is 17.0 Å². The third-order valence-corrected chi connectivity index (χ3v) is 5.83. The largest absolute Gasteiger partial charge is 0.387 e. The topological polar surface area (TPSA) is 80.7 Å². The molecule has 0 saturated carbocycles. The second-order valence-electron chi connectivity index (χ2n) is 7.19. The maximum Gasteiger partial charge on any atom is 0.269 e. The predicted octanol–water partition coefficient (Wildman–Crippen LogP) is 5.40. The zero-order valence-electron chi connectivity index (χ0n) is 16.9. The van der Waals surface area contributed by atoms with E-state index in [1.165, 1.54) is 29.0 Å². The molecule has 6 nitrogen and oxygen atoms in total. The minimum atomic E-state index is -0.839. The van der Waals surface area contributed by atoms with E-state index >= 15 is 0 Å². The van der Waals surface area contributed by atoms with E-state index in [1.807, 2.05) is 47.2 Å². The Morgan fingerprint density at radius 1 is 1.03 bits per heavy atom. The number of rotatable bonds is 6. The Morgan fingerprint density at radius 3 is 2.35 bits per heavy atom. The average Bonchev–Trinajstić information content (AvgIpc) is 3.17. The number of non-ortho nitro benzene ring substituents is 1. The Hall–Kier alpha value is -3.55. The van der Waals surface area contributed by atoms with Gasteiger partial charge in [0.25, 0.3) is 5.69 Å². The number of aliphatic hydroxyl groups is 1. The smallest absolute Gasteiger partial charge is 0.269 e. The number of hydrogen-bond donors (Lipinski definition) is 1. The highest BCUT2D eigenvalue weighted by atomic mass is 32.1. The molecule has 31 heavy (non-hydrogen) atoms. The molecule has 1 aromatic heterocycles. The van der Waals surface area contributed by atoms with Gasteiger partial charge in [-0.3, -0.25) is 10.1 Å². The number of nitro benzene ring substituents is 1. The summed E-state index contributed by atoms with van der Waals surface area (Å²) >= 11 is 1.51. The summed E-state index contributed by atoms with van der Waals surface area (Å²) in [6.45, 7) is 2.32. The normalized spacial score (nSPS) is 12.6. The van der Waals surface area contributed by atoms with Gasteiger partial charge in [-0.25, -0.2) is 4.99 Å². The van der Waals surface area contributed by atoms with Crippen LogP contribution in [-0.4, -0.2) is 14.6 Å². The van der Waals surface area contributed by atoms with Gasteiger partial charge in [-0.15, -0.1) is 11.3 Å². The third-order valence-electron chi connectivity index (χ3n) is 4.97. The molecule has 0 fully saturated rings. The number of aliphatic hydroxyl groups excluding tert-OH is 1. The van der Waals surface area contributed by atoms with Crippen LogP contribution in [0.1, 0.15) is 17.2 Å². The van der Waals surface area contributed by atoms with Crippen LogP contribution in [0.5, 0.6) is 0 Å². The molecule has 0 amide bonds.